The van der Waals surface area contributed by atoms with Crippen LogP contribution in [-0.4, -0.2) is 26.4 Å². The molecule has 1 rings (SSSR count). The summed E-state index contributed by atoms with van der Waals surface area (Å²) in [7, 11) is 0. The number of aryl methyl sites for hydroxylation is 1. The minimum absolute atomic E-state index is 0.0585. The van der Waals surface area contributed by atoms with Gasteiger partial charge in [-0.2, -0.15) is 9.97 Å². The molecule has 0 atom stereocenters. The zero-order chi connectivity index (χ0) is 12.2. The van der Waals surface area contributed by atoms with E-state index in [1.54, 1.807) is 0 Å². The number of aromatic nitrogens is 3. The lowest BCUT2D eigenvalue weighted by Gasteiger charge is -2.20. The molecule has 0 radical (unpaired) electrons. The number of thioether (sulfide) groups is 1. The summed E-state index contributed by atoms with van der Waals surface area (Å²) in [6.45, 7) is 8.22. The van der Waals surface area contributed by atoms with Crippen molar-refractivity contribution < 1.29 is 0 Å². The van der Waals surface area contributed by atoms with E-state index in [1.807, 2.05) is 6.92 Å². The second-order valence-corrected chi connectivity index (χ2v) is 5.38. The Morgan fingerprint density at radius 3 is 2.44 bits per heavy atom. The van der Waals surface area contributed by atoms with Crippen LogP contribution < -0.4 is 11.1 Å². The molecule has 16 heavy (non-hydrogen) atoms. The molecular formula is C10H19N5S. The summed E-state index contributed by atoms with van der Waals surface area (Å²) < 4.78 is 0. The average molecular weight is 241 g/mol. The lowest BCUT2D eigenvalue weighted by atomic mass is 10.1. The van der Waals surface area contributed by atoms with Gasteiger partial charge in [0.25, 0.3) is 0 Å². The molecule has 0 saturated heterocycles. The Labute approximate surface area is 101 Å². The first-order valence-corrected chi connectivity index (χ1v) is 6.29. The van der Waals surface area contributed by atoms with Crippen molar-refractivity contribution in [3.63, 3.8) is 0 Å². The van der Waals surface area contributed by atoms with Gasteiger partial charge in [-0.05, 0) is 20.8 Å². The SMILES string of the molecule is CCc1nc(NC(C)(C)C)nc(SCN)n1. The van der Waals surface area contributed by atoms with Crippen LogP contribution in [0.5, 0.6) is 0 Å². The Bertz CT molecular complexity index is 348. The summed E-state index contributed by atoms with van der Waals surface area (Å²) in [6, 6.07) is 0. The molecule has 1 heterocycles. The van der Waals surface area contributed by atoms with Gasteiger partial charge in [-0.3, -0.25) is 0 Å². The first kappa shape index (κ1) is 13.2. The monoisotopic (exact) mass is 241 g/mol. The molecule has 0 aromatic carbocycles. The van der Waals surface area contributed by atoms with Gasteiger partial charge in [0.2, 0.25) is 5.95 Å². The van der Waals surface area contributed by atoms with Crippen LogP contribution in [0.25, 0.3) is 0 Å². The van der Waals surface area contributed by atoms with E-state index < -0.39 is 0 Å². The van der Waals surface area contributed by atoms with Crippen molar-refractivity contribution in [2.24, 2.45) is 5.73 Å². The van der Waals surface area contributed by atoms with Crippen LogP contribution in [0.2, 0.25) is 0 Å². The number of nitrogens with zero attached hydrogens (tertiary/aromatic N) is 3. The Kier molecular flexibility index (Phi) is 4.49. The molecule has 1 aromatic heterocycles. The first-order valence-electron chi connectivity index (χ1n) is 5.30. The Balaban J connectivity index is 2.95. The molecule has 0 aliphatic heterocycles. The van der Waals surface area contributed by atoms with E-state index in [2.05, 4.69) is 41.0 Å². The highest BCUT2D eigenvalue weighted by Gasteiger charge is 2.13. The number of nitrogens with one attached hydrogen (secondary N) is 1. The van der Waals surface area contributed by atoms with Gasteiger partial charge in [0.05, 0.1) is 0 Å². The molecule has 5 nitrogen and oxygen atoms in total. The van der Waals surface area contributed by atoms with Crippen molar-refractivity contribution in [1.29, 1.82) is 0 Å². The number of nitrogens with two attached hydrogens (primary N) is 1. The molecule has 0 aliphatic rings. The van der Waals surface area contributed by atoms with E-state index >= 15 is 0 Å². The van der Waals surface area contributed by atoms with Crippen molar-refractivity contribution in [2.75, 3.05) is 11.2 Å². The minimum atomic E-state index is -0.0585. The van der Waals surface area contributed by atoms with Crippen molar-refractivity contribution in [3.05, 3.63) is 5.82 Å². The van der Waals surface area contributed by atoms with Gasteiger partial charge in [0.15, 0.2) is 5.16 Å². The van der Waals surface area contributed by atoms with E-state index in [0.717, 1.165) is 12.2 Å². The number of rotatable bonds is 4. The van der Waals surface area contributed by atoms with Crippen LogP contribution in [0.1, 0.15) is 33.5 Å². The summed E-state index contributed by atoms with van der Waals surface area (Å²) in [6.07, 6.45) is 0.791. The fourth-order valence-electron chi connectivity index (χ4n) is 1.09. The summed E-state index contributed by atoms with van der Waals surface area (Å²) in [4.78, 5) is 12.9. The van der Waals surface area contributed by atoms with Crippen molar-refractivity contribution >= 4 is 17.7 Å². The lowest BCUT2D eigenvalue weighted by molar-refractivity contribution is 0.619. The van der Waals surface area contributed by atoms with Gasteiger partial charge >= 0.3 is 0 Å². The van der Waals surface area contributed by atoms with E-state index in [4.69, 9.17) is 5.73 Å². The maximum atomic E-state index is 5.47. The maximum Gasteiger partial charge on any atom is 0.227 e. The van der Waals surface area contributed by atoms with E-state index in [9.17, 15) is 0 Å². The first-order chi connectivity index (χ1) is 7.44. The van der Waals surface area contributed by atoms with E-state index in [1.165, 1.54) is 11.8 Å². The van der Waals surface area contributed by atoms with Crippen LogP contribution >= 0.6 is 11.8 Å². The number of hydrogen-bond donors (Lipinski definition) is 2. The largest absolute Gasteiger partial charge is 0.349 e. The van der Waals surface area contributed by atoms with Gasteiger partial charge in [-0.25, -0.2) is 4.98 Å². The number of anilines is 1. The highest BCUT2D eigenvalue weighted by Crippen LogP contribution is 2.15. The van der Waals surface area contributed by atoms with Crippen LogP contribution in [0.15, 0.2) is 5.16 Å². The normalized spacial score (nSPS) is 11.6. The fourth-order valence-corrected chi connectivity index (χ4v) is 1.56. The predicted molar refractivity (Wildman–Crippen MR) is 67.5 cm³/mol. The molecule has 0 spiro atoms. The highest BCUT2D eigenvalue weighted by molar-refractivity contribution is 7.99. The average Bonchev–Trinajstić information content (AvgIpc) is 2.15. The third-order valence-electron chi connectivity index (χ3n) is 1.68. The van der Waals surface area contributed by atoms with Gasteiger partial charge in [-0.15, -0.1) is 0 Å². The second-order valence-electron chi connectivity index (χ2n) is 4.40. The smallest absolute Gasteiger partial charge is 0.227 e. The lowest BCUT2D eigenvalue weighted by Crippen LogP contribution is -2.28. The quantitative estimate of drug-likeness (QED) is 0.616. The van der Waals surface area contributed by atoms with Crippen LogP contribution in [-0.2, 0) is 6.42 Å². The molecule has 0 fully saturated rings. The Hall–Kier alpha value is -0.880. The predicted octanol–water partition coefficient (Wildman–Crippen LogP) is 1.65. The summed E-state index contributed by atoms with van der Waals surface area (Å²) in [5.74, 6) is 1.88. The molecule has 0 amide bonds. The molecule has 90 valence electrons. The number of hydrogen-bond acceptors (Lipinski definition) is 6. The molecule has 3 N–H and O–H groups in total. The molecule has 6 heteroatoms. The third-order valence-corrected chi connectivity index (χ3v) is 2.28. The molecule has 0 aliphatic carbocycles. The van der Waals surface area contributed by atoms with Crippen LogP contribution in [0.4, 0.5) is 5.95 Å². The zero-order valence-corrected chi connectivity index (χ0v) is 11.1. The van der Waals surface area contributed by atoms with Crippen LogP contribution in [0.3, 0.4) is 0 Å². The summed E-state index contributed by atoms with van der Waals surface area (Å²) >= 11 is 1.42. The summed E-state index contributed by atoms with van der Waals surface area (Å²) in [5.41, 5.74) is 5.41. The topological polar surface area (TPSA) is 76.7 Å². The third kappa shape index (κ3) is 4.32. The second kappa shape index (κ2) is 5.45. The van der Waals surface area contributed by atoms with E-state index in [-0.39, 0.29) is 5.54 Å². The van der Waals surface area contributed by atoms with Crippen molar-refractivity contribution in [1.82, 2.24) is 15.0 Å². The van der Waals surface area contributed by atoms with Gasteiger partial charge in [0.1, 0.15) is 5.82 Å². The van der Waals surface area contributed by atoms with Crippen molar-refractivity contribution in [2.45, 2.75) is 44.8 Å². The van der Waals surface area contributed by atoms with Gasteiger partial charge < -0.3 is 11.1 Å². The van der Waals surface area contributed by atoms with Crippen molar-refractivity contribution in [3.8, 4) is 0 Å². The molecule has 0 saturated carbocycles. The zero-order valence-electron chi connectivity index (χ0n) is 10.2. The minimum Gasteiger partial charge on any atom is -0.349 e. The Morgan fingerprint density at radius 2 is 1.94 bits per heavy atom. The molecular weight excluding hydrogens is 222 g/mol. The van der Waals surface area contributed by atoms with Crippen LogP contribution in [0, 0.1) is 0 Å². The maximum absolute atomic E-state index is 5.47. The Morgan fingerprint density at radius 1 is 1.25 bits per heavy atom. The summed E-state index contributed by atoms with van der Waals surface area (Å²) in [5, 5.41) is 3.92. The van der Waals surface area contributed by atoms with E-state index in [0.29, 0.717) is 17.0 Å². The van der Waals surface area contributed by atoms with Gasteiger partial charge in [-0.1, -0.05) is 18.7 Å². The molecule has 0 bridgehead atoms. The fraction of sp³-hybridized carbons (Fsp3) is 0.700. The highest BCUT2D eigenvalue weighted by atomic mass is 32.2. The standard InChI is InChI=1S/C10H19N5S/c1-5-7-12-8(15-10(2,3)4)14-9(13-7)16-6-11/h5-6,11H2,1-4H3,(H,12,13,14,15). The molecule has 1 aromatic rings. The van der Waals surface area contributed by atoms with Gasteiger partial charge in [0, 0.05) is 17.8 Å². The molecule has 0 unspecified atom stereocenters.